The zero-order valence-corrected chi connectivity index (χ0v) is 8.64. The number of carbonyl (C=O) groups is 2. The number of aldehydes is 1. The van der Waals surface area contributed by atoms with Crippen LogP contribution >= 0.6 is 0 Å². The van der Waals surface area contributed by atoms with Crippen LogP contribution in [0, 0.1) is 0 Å². The van der Waals surface area contributed by atoms with Crippen molar-refractivity contribution in [2.45, 2.75) is 6.92 Å². The monoisotopic (exact) mass is 215 g/mol. The second-order valence-corrected chi connectivity index (χ2v) is 3.26. The van der Waals surface area contributed by atoms with Crippen molar-refractivity contribution < 1.29 is 14.3 Å². The van der Waals surface area contributed by atoms with Gasteiger partial charge in [0.15, 0.2) is 6.29 Å². The maximum absolute atomic E-state index is 10.9. The first kappa shape index (κ1) is 10.3. The topological polar surface area (TPSA) is 56.3 Å². The maximum Gasteiger partial charge on any atom is 0.308 e. The van der Waals surface area contributed by atoms with E-state index in [9.17, 15) is 9.59 Å². The standard InChI is InChI=1S/C12H9NO3/c1-8(15)16-12-4-2-3-9-10(12)5-6-13-11(9)7-14/h2-7H,1H3. The number of carbonyl (C=O) groups excluding carboxylic acids is 2. The van der Waals surface area contributed by atoms with Gasteiger partial charge in [0.1, 0.15) is 11.4 Å². The Labute approximate surface area is 91.9 Å². The summed E-state index contributed by atoms with van der Waals surface area (Å²) in [5, 5.41) is 1.38. The van der Waals surface area contributed by atoms with Crippen molar-refractivity contribution in [1.82, 2.24) is 4.98 Å². The molecule has 16 heavy (non-hydrogen) atoms. The van der Waals surface area contributed by atoms with E-state index in [2.05, 4.69) is 4.98 Å². The Kier molecular flexibility index (Phi) is 2.64. The number of nitrogens with zero attached hydrogens (tertiary/aromatic N) is 1. The van der Waals surface area contributed by atoms with E-state index in [1.807, 2.05) is 0 Å². The molecule has 0 aliphatic rings. The van der Waals surface area contributed by atoms with Gasteiger partial charge >= 0.3 is 5.97 Å². The second-order valence-electron chi connectivity index (χ2n) is 3.26. The first-order chi connectivity index (χ1) is 7.72. The lowest BCUT2D eigenvalue weighted by molar-refractivity contribution is -0.131. The molecule has 0 fully saturated rings. The van der Waals surface area contributed by atoms with Crippen molar-refractivity contribution in [3.63, 3.8) is 0 Å². The fourth-order valence-corrected chi connectivity index (χ4v) is 1.54. The Morgan fingerprint density at radius 2 is 2.12 bits per heavy atom. The van der Waals surface area contributed by atoms with Crippen LogP contribution in [-0.2, 0) is 4.79 Å². The smallest absolute Gasteiger partial charge is 0.308 e. The molecule has 4 nitrogen and oxygen atoms in total. The fourth-order valence-electron chi connectivity index (χ4n) is 1.54. The quantitative estimate of drug-likeness (QED) is 0.436. The van der Waals surface area contributed by atoms with E-state index in [0.29, 0.717) is 28.5 Å². The molecule has 0 saturated carbocycles. The highest BCUT2D eigenvalue weighted by molar-refractivity contribution is 5.99. The lowest BCUT2D eigenvalue weighted by Gasteiger charge is -2.06. The third-order valence-corrected chi connectivity index (χ3v) is 2.16. The number of hydrogen-bond acceptors (Lipinski definition) is 4. The van der Waals surface area contributed by atoms with Gasteiger partial charge in [0, 0.05) is 23.9 Å². The molecule has 2 aromatic rings. The number of fused-ring (bicyclic) bond motifs is 1. The molecule has 0 radical (unpaired) electrons. The molecule has 0 amide bonds. The molecule has 0 bridgehead atoms. The number of aromatic nitrogens is 1. The maximum atomic E-state index is 10.9. The van der Waals surface area contributed by atoms with Gasteiger partial charge in [-0.15, -0.1) is 0 Å². The molecule has 0 saturated heterocycles. The summed E-state index contributed by atoms with van der Waals surface area (Å²) in [6.07, 6.45) is 2.19. The van der Waals surface area contributed by atoms with Crippen molar-refractivity contribution in [3.05, 3.63) is 36.2 Å². The summed E-state index contributed by atoms with van der Waals surface area (Å²) in [5.74, 6) is 0.0486. The first-order valence-electron chi connectivity index (χ1n) is 4.73. The average Bonchev–Trinajstić information content (AvgIpc) is 2.28. The molecule has 0 atom stereocenters. The molecule has 0 N–H and O–H groups in total. The van der Waals surface area contributed by atoms with Crippen LogP contribution < -0.4 is 4.74 Å². The summed E-state index contributed by atoms with van der Waals surface area (Å²) in [7, 11) is 0. The van der Waals surface area contributed by atoms with Gasteiger partial charge < -0.3 is 4.74 Å². The third-order valence-electron chi connectivity index (χ3n) is 2.16. The van der Waals surface area contributed by atoms with Crippen LogP contribution in [0.25, 0.3) is 10.8 Å². The Morgan fingerprint density at radius 3 is 2.81 bits per heavy atom. The molecular formula is C12H9NO3. The Balaban J connectivity index is 2.68. The van der Waals surface area contributed by atoms with Crippen LogP contribution in [0.5, 0.6) is 5.75 Å². The minimum atomic E-state index is -0.392. The predicted octanol–water partition coefficient (Wildman–Crippen LogP) is 1.97. The van der Waals surface area contributed by atoms with Gasteiger partial charge in [-0.2, -0.15) is 0 Å². The Hall–Kier alpha value is -2.23. The number of esters is 1. The van der Waals surface area contributed by atoms with Gasteiger partial charge in [0.2, 0.25) is 0 Å². The van der Waals surface area contributed by atoms with Gasteiger partial charge in [-0.3, -0.25) is 14.6 Å². The van der Waals surface area contributed by atoms with Crippen LogP contribution in [-0.4, -0.2) is 17.2 Å². The molecule has 80 valence electrons. The molecule has 1 heterocycles. The number of ether oxygens (including phenoxy) is 1. The molecule has 4 heteroatoms. The normalized spacial score (nSPS) is 10.1. The van der Waals surface area contributed by atoms with Gasteiger partial charge in [-0.1, -0.05) is 12.1 Å². The van der Waals surface area contributed by atoms with Crippen LogP contribution in [0.4, 0.5) is 0 Å². The number of rotatable bonds is 2. The van der Waals surface area contributed by atoms with E-state index in [1.165, 1.54) is 13.1 Å². The van der Waals surface area contributed by atoms with Crippen LogP contribution in [0.2, 0.25) is 0 Å². The summed E-state index contributed by atoms with van der Waals surface area (Å²) in [6.45, 7) is 1.33. The number of hydrogen-bond donors (Lipinski definition) is 0. The molecule has 2 rings (SSSR count). The molecule has 0 aliphatic carbocycles. The summed E-state index contributed by atoms with van der Waals surface area (Å²) >= 11 is 0. The van der Waals surface area contributed by atoms with E-state index in [4.69, 9.17) is 4.74 Å². The summed E-state index contributed by atoms with van der Waals surface area (Å²) in [6, 6.07) is 6.87. The predicted molar refractivity (Wildman–Crippen MR) is 58.4 cm³/mol. The minimum absolute atomic E-state index is 0.339. The fraction of sp³-hybridized carbons (Fsp3) is 0.0833. The van der Waals surface area contributed by atoms with E-state index >= 15 is 0 Å². The van der Waals surface area contributed by atoms with E-state index < -0.39 is 5.97 Å². The van der Waals surface area contributed by atoms with E-state index in [-0.39, 0.29) is 0 Å². The highest BCUT2D eigenvalue weighted by atomic mass is 16.5. The van der Waals surface area contributed by atoms with Crippen LogP contribution in [0.1, 0.15) is 17.4 Å². The number of benzene rings is 1. The van der Waals surface area contributed by atoms with Crippen LogP contribution in [0.15, 0.2) is 30.5 Å². The highest BCUT2D eigenvalue weighted by Gasteiger charge is 2.07. The Bertz CT molecular complexity index is 563. The molecule has 1 aromatic carbocycles. The lowest BCUT2D eigenvalue weighted by atomic mass is 10.1. The second kappa shape index (κ2) is 4.10. The molecule has 1 aromatic heterocycles. The largest absolute Gasteiger partial charge is 0.426 e. The van der Waals surface area contributed by atoms with E-state index in [0.717, 1.165) is 0 Å². The first-order valence-corrected chi connectivity index (χ1v) is 4.73. The van der Waals surface area contributed by atoms with Gasteiger partial charge in [-0.05, 0) is 12.1 Å². The molecule has 0 unspecified atom stereocenters. The van der Waals surface area contributed by atoms with Crippen molar-refractivity contribution >= 4 is 23.0 Å². The Morgan fingerprint density at radius 1 is 1.31 bits per heavy atom. The SMILES string of the molecule is CC(=O)Oc1cccc2c(C=O)nccc12. The summed E-state index contributed by atoms with van der Waals surface area (Å²) in [5.41, 5.74) is 0.339. The minimum Gasteiger partial charge on any atom is -0.426 e. The summed E-state index contributed by atoms with van der Waals surface area (Å²) < 4.78 is 5.04. The number of pyridine rings is 1. The van der Waals surface area contributed by atoms with Crippen molar-refractivity contribution in [2.24, 2.45) is 0 Å². The van der Waals surface area contributed by atoms with Crippen molar-refractivity contribution in [3.8, 4) is 5.75 Å². The van der Waals surface area contributed by atoms with Gasteiger partial charge in [-0.25, -0.2) is 0 Å². The van der Waals surface area contributed by atoms with Crippen molar-refractivity contribution in [1.29, 1.82) is 0 Å². The zero-order chi connectivity index (χ0) is 11.5. The van der Waals surface area contributed by atoms with Gasteiger partial charge in [0.05, 0.1) is 0 Å². The van der Waals surface area contributed by atoms with Crippen molar-refractivity contribution in [2.75, 3.05) is 0 Å². The summed E-state index contributed by atoms with van der Waals surface area (Å²) in [4.78, 5) is 25.6. The zero-order valence-electron chi connectivity index (χ0n) is 8.64. The molecular weight excluding hydrogens is 206 g/mol. The lowest BCUT2D eigenvalue weighted by Crippen LogP contribution is -2.02. The molecule has 0 spiro atoms. The van der Waals surface area contributed by atoms with Crippen LogP contribution in [0.3, 0.4) is 0 Å². The highest BCUT2D eigenvalue weighted by Crippen LogP contribution is 2.26. The van der Waals surface area contributed by atoms with Gasteiger partial charge in [0.25, 0.3) is 0 Å². The average molecular weight is 215 g/mol. The molecule has 0 aliphatic heterocycles. The van der Waals surface area contributed by atoms with E-state index in [1.54, 1.807) is 24.3 Å². The third kappa shape index (κ3) is 1.77.